The van der Waals surface area contributed by atoms with Gasteiger partial charge in [0.15, 0.2) is 0 Å². The topological polar surface area (TPSA) is 47.4 Å². The van der Waals surface area contributed by atoms with Crippen molar-refractivity contribution in [3.63, 3.8) is 0 Å². The summed E-state index contributed by atoms with van der Waals surface area (Å²) in [4.78, 5) is 13.7. The number of carbonyl (C=O) groups excluding carboxylic acids is 1. The molecule has 168 valence electrons. The average Bonchev–Trinajstić information content (AvgIpc) is 3.11. The third kappa shape index (κ3) is 4.46. The SMILES string of the molecule is CC(=O)N1CCc2c(c(-c3cccc(OC(F)(F)F)c3)nn2C(C)c2ccc(F)cc2)C1. The first-order valence-electron chi connectivity index (χ1n) is 10.1. The summed E-state index contributed by atoms with van der Waals surface area (Å²) in [6.45, 7) is 4.22. The number of amides is 1. The van der Waals surface area contributed by atoms with Gasteiger partial charge in [0.2, 0.25) is 5.91 Å². The summed E-state index contributed by atoms with van der Waals surface area (Å²) >= 11 is 0. The van der Waals surface area contributed by atoms with E-state index in [2.05, 4.69) is 4.74 Å². The zero-order valence-corrected chi connectivity index (χ0v) is 17.5. The highest BCUT2D eigenvalue weighted by atomic mass is 19.4. The molecule has 2 heterocycles. The molecule has 9 heteroatoms. The van der Waals surface area contributed by atoms with Gasteiger partial charge >= 0.3 is 6.36 Å². The van der Waals surface area contributed by atoms with E-state index in [1.165, 1.54) is 37.3 Å². The van der Waals surface area contributed by atoms with E-state index in [-0.39, 0.29) is 23.5 Å². The molecule has 0 saturated carbocycles. The van der Waals surface area contributed by atoms with Gasteiger partial charge in [0.1, 0.15) is 11.6 Å². The first-order chi connectivity index (χ1) is 15.1. The molecular weight excluding hydrogens is 426 g/mol. The predicted octanol–water partition coefficient (Wildman–Crippen LogP) is 5.10. The molecule has 0 bridgehead atoms. The van der Waals surface area contributed by atoms with Gasteiger partial charge in [0, 0.05) is 43.3 Å². The van der Waals surface area contributed by atoms with Crippen LogP contribution in [0.2, 0.25) is 0 Å². The molecule has 0 N–H and O–H groups in total. The molecule has 2 aromatic carbocycles. The summed E-state index contributed by atoms with van der Waals surface area (Å²) in [7, 11) is 0. The number of hydrogen-bond acceptors (Lipinski definition) is 3. The number of alkyl halides is 3. The average molecular weight is 447 g/mol. The number of aromatic nitrogens is 2. The van der Waals surface area contributed by atoms with Crippen LogP contribution in [-0.2, 0) is 17.8 Å². The van der Waals surface area contributed by atoms with Crippen LogP contribution < -0.4 is 4.74 Å². The van der Waals surface area contributed by atoms with Crippen LogP contribution in [0.25, 0.3) is 11.3 Å². The van der Waals surface area contributed by atoms with E-state index in [4.69, 9.17) is 5.10 Å². The number of carbonyl (C=O) groups is 1. The van der Waals surface area contributed by atoms with Gasteiger partial charge in [0.05, 0.1) is 11.7 Å². The highest BCUT2D eigenvalue weighted by Crippen LogP contribution is 2.35. The van der Waals surface area contributed by atoms with Gasteiger partial charge in [-0.3, -0.25) is 9.48 Å². The fourth-order valence-corrected chi connectivity index (χ4v) is 3.99. The van der Waals surface area contributed by atoms with Gasteiger partial charge < -0.3 is 9.64 Å². The number of fused-ring (bicyclic) bond motifs is 1. The van der Waals surface area contributed by atoms with Crippen LogP contribution in [0.5, 0.6) is 5.75 Å². The minimum atomic E-state index is -4.81. The van der Waals surface area contributed by atoms with Gasteiger partial charge in [-0.1, -0.05) is 24.3 Å². The number of benzene rings is 2. The lowest BCUT2D eigenvalue weighted by atomic mass is 10.00. The molecular formula is C23H21F4N3O2. The monoisotopic (exact) mass is 447 g/mol. The summed E-state index contributed by atoms with van der Waals surface area (Å²) < 4.78 is 57.4. The van der Waals surface area contributed by atoms with E-state index < -0.39 is 6.36 Å². The molecule has 0 aliphatic carbocycles. The summed E-state index contributed by atoms with van der Waals surface area (Å²) in [5, 5.41) is 4.74. The van der Waals surface area contributed by atoms with E-state index in [9.17, 15) is 22.4 Å². The van der Waals surface area contributed by atoms with Gasteiger partial charge in [0.25, 0.3) is 0 Å². The standard InChI is InChI=1S/C23H21F4N3O2/c1-14(16-6-8-18(24)9-7-16)30-21-10-11-29(15(2)31)13-20(21)22(28-30)17-4-3-5-19(12-17)32-23(25,26)27/h3-9,12,14H,10-11,13H2,1-2H3. The van der Waals surface area contributed by atoms with Crippen LogP contribution in [0, 0.1) is 5.82 Å². The molecule has 1 atom stereocenters. The minimum absolute atomic E-state index is 0.0879. The van der Waals surface area contributed by atoms with Crippen molar-refractivity contribution in [2.24, 2.45) is 0 Å². The number of halogens is 4. The minimum Gasteiger partial charge on any atom is -0.406 e. The Hall–Kier alpha value is -3.36. The van der Waals surface area contributed by atoms with Crippen molar-refractivity contribution in [2.75, 3.05) is 6.54 Å². The maximum Gasteiger partial charge on any atom is 0.573 e. The van der Waals surface area contributed by atoms with Gasteiger partial charge in [-0.25, -0.2) is 4.39 Å². The number of nitrogens with zero attached hydrogens (tertiary/aromatic N) is 3. The van der Waals surface area contributed by atoms with Crippen molar-refractivity contribution in [1.29, 1.82) is 0 Å². The van der Waals surface area contributed by atoms with Crippen LogP contribution in [0.3, 0.4) is 0 Å². The normalized spacial score (nSPS) is 14.8. The Bertz CT molecular complexity index is 1140. The molecule has 0 radical (unpaired) electrons. The molecule has 1 aliphatic heterocycles. The van der Waals surface area contributed by atoms with Crippen LogP contribution in [-0.4, -0.2) is 33.5 Å². The van der Waals surface area contributed by atoms with Crippen LogP contribution >= 0.6 is 0 Å². The zero-order chi connectivity index (χ0) is 23.0. The van der Waals surface area contributed by atoms with Crippen molar-refractivity contribution in [2.45, 2.75) is 39.2 Å². The summed E-state index contributed by atoms with van der Waals surface area (Å²) in [6.07, 6.45) is -4.26. The fourth-order valence-electron chi connectivity index (χ4n) is 3.99. The third-order valence-corrected chi connectivity index (χ3v) is 5.59. The Labute approximate surface area is 182 Å². The van der Waals surface area contributed by atoms with E-state index in [1.807, 2.05) is 11.6 Å². The molecule has 3 aromatic rings. The van der Waals surface area contributed by atoms with E-state index in [1.54, 1.807) is 23.1 Å². The second-order valence-corrected chi connectivity index (χ2v) is 7.71. The van der Waals surface area contributed by atoms with E-state index in [0.29, 0.717) is 30.8 Å². The van der Waals surface area contributed by atoms with Crippen molar-refractivity contribution in [3.8, 4) is 17.0 Å². The van der Waals surface area contributed by atoms with Crippen LogP contribution in [0.1, 0.15) is 36.7 Å². The number of rotatable bonds is 4. The first-order valence-corrected chi connectivity index (χ1v) is 10.1. The molecule has 0 spiro atoms. The van der Waals surface area contributed by atoms with Gasteiger partial charge in [-0.2, -0.15) is 5.10 Å². The van der Waals surface area contributed by atoms with Crippen LogP contribution in [0.4, 0.5) is 17.6 Å². The maximum absolute atomic E-state index is 13.4. The van der Waals surface area contributed by atoms with Crippen LogP contribution in [0.15, 0.2) is 48.5 Å². The van der Waals surface area contributed by atoms with Crippen molar-refractivity contribution in [3.05, 3.63) is 71.2 Å². The Morgan fingerprint density at radius 1 is 1.16 bits per heavy atom. The Kier molecular flexibility index (Phi) is 5.66. The summed E-state index contributed by atoms with van der Waals surface area (Å²) in [5.41, 5.74) is 3.47. The lowest BCUT2D eigenvalue weighted by molar-refractivity contribution is -0.274. The maximum atomic E-state index is 13.4. The highest BCUT2D eigenvalue weighted by molar-refractivity contribution is 5.75. The molecule has 4 rings (SSSR count). The van der Waals surface area contributed by atoms with Crippen molar-refractivity contribution < 1.29 is 27.1 Å². The second-order valence-electron chi connectivity index (χ2n) is 7.71. The lowest BCUT2D eigenvalue weighted by Crippen LogP contribution is -2.35. The molecule has 0 saturated heterocycles. The van der Waals surface area contributed by atoms with Gasteiger partial charge in [-0.15, -0.1) is 13.2 Å². The molecule has 1 unspecified atom stereocenters. The first kappa shape index (κ1) is 21.9. The van der Waals surface area contributed by atoms with E-state index in [0.717, 1.165) is 16.8 Å². The third-order valence-electron chi connectivity index (χ3n) is 5.59. The largest absolute Gasteiger partial charge is 0.573 e. The Morgan fingerprint density at radius 2 is 1.88 bits per heavy atom. The smallest absolute Gasteiger partial charge is 0.406 e. The lowest BCUT2D eigenvalue weighted by Gasteiger charge is -2.28. The Balaban J connectivity index is 1.80. The zero-order valence-electron chi connectivity index (χ0n) is 17.5. The van der Waals surface area contributed by atoms with Crippen molar-refractivity contribution >= 4 is 5.91 Å². The fraction of sp³-hybridized carbons (Fsp3) is 0.304. The molecule has 1 aromatic heterocycles. The summed E-state index contributed by atoms with van der Waals surface area (Å²) in [5.74, 6) is -0.776. The molecule has 32 heavy (non-hydrogen) atoms. The predicted molar refractivity (Wildman–Crippen MR) is 109 cm³/mol. The summed E-state index contributed by atoms with van der Waals surface area (Å²) in [6, 6.07) is 11.5. The van der Waals surface area contributed by atoms with E-state index >= 15 is 0 Å². The Morgan fingerprint density at radius 3 is 2.53 bits per heavy atom. The second kappa shape index (κ2) is 8.29. The molecule has 0 fully saturated rings. The van der Waals surface area contributed by atoms with Crippen molar-refractivity contribution in [1.82, 2.24) is 14.7 Å². The van der Waals surface area contributed by atoms with Gasteiger partial charge in [-0.05, 0) is 36.8 Å². The highest BCUT2D eigenvalue weighted by Gasteiger charge is 2.32. The number of ether oxygens (including phenoxy) is 1. The quantitative estimate of drug-likeness (QED) is 0.523. The number of hydrogen-bond donors (Lipinski definition) is 0. The molecule has 1 aliphatic rings. The molecule has 5 nitrogen and oxygen atoms in total. The molecule has 1 amide bonds.